The molecule has 31 heavy (non-hydrogen) atoms. The average molecular weight is 414 g/mol. The molecule has 0 radical (unpaired) electrons. The minimum absolute atomic E-state index is 0.175. The fraction of sp³-hybridized carbons (Fsp3) is 0.130. The number of benzene rings is 2. The van der Waals surface area contributed by atoms with Crippen LogP contribution < -0.4 is 16.0 Å². The lowest BCUT2D eigenvalue weighted by Crippen LogP contribution is -2.19. The van der Waals surface area contributed by atoms with Crippen molar-refractivity contribution in [1.29, 1.82) is 0 Å². The first-order valence-corrected chi connectivity index (χ1v) is 9.76. The lowest BCUT2D eigenvalue weighted by molar-refractivity contribution is 0.0963. The molecule has 3 N–H and O–H groups in total. The van der Waals surface area contributed by atoms with E-state index in [2.05, 4.69) is 25.9 Å². The fourth-order valence-electron chi connectivity index (χ4n) is 3.28. The molecular formula is C23H22N6O2. The Hall–Kier alpha value is -4.20. The molecule has 0 atom stereocenters. The van der Waals surface area contributed by atoms with Crippen LogP contribution in [0.4, 0.5) is 22.0 Å². The van der Waals surface area contributed by atoms with Crippen LogP contribution in [0, 0.1) is 13.8 Å². The third-order valence-electron chi connectivity index (χ3n) is 4.95. The topological polar surface area (TPSA) is 101 Å². The molecule has 0 aliphatic heterocycles. The first-order chi connectivity index (χ1) is 15.0. The number of anilines is 3. The number of amides is 2. The van der Waals surface area contributed by atoms with Crippen LogP contribution in [-0.2, 0) is 0 Å². The van der Waals surface area contributed by atoms with Gasteiger partial charge in [-0.3, -0.25) is 9.36 Å². The van der Waals surface area contributed by atoms with Crippen LogP contribution in [0.3, 0.4) is 0 Å². The van der Waals surface area contributed by atoms with Crippen LogP contribution in [0.5, 0.6) is 0 Å². The molecule has 0 spiro atoms. The van der Waals surface area contributed by atoms with E-state index in [1.54, 1.807) is 37.5 Å². The molecule has 156 valence electrons. The van der Waals surface area contributed by atoms with Gasteiger partial charge in [0.05, 0.1) is 5.39 Å². The molecule has 2 aromatic heterocycles. The zero-order valence-electron chi connectivity index (χ0n) is 17.4. The van der Waals surface area contributed by atoms with Crippen molar-refractivity contribution in [3.05, 3.63) is 77.7 Å². The Labute approximate surface area is 179 Å². The first-order valence-electron chi connectivity index (χ1n) is 9.76. The molecule has 0 unspecified atom stereocenters. The maximum Gasteiger partial charge on any atom is 0.331 e. The molecule has 0 aliphatic rings. The quantitative estimate of drug-likeness (QED) is 0.464. The third-order valence-corrected chi connectivity index (χ3v) is 4.95. The molecule has 2 amide bonds. The number of rotatable bonds is 4. The van der Waals surface area contributed by atoms with E-state index in [4.69, 9.17) is 0 Å². The van der Waals surface area contributed by atoms with Gasteiger partial charge < -0.3 is 16.0 Å². The summed E-state index contributed by atoms with van der Waals surface area (Å²) in [6.45, 7) is 3.92. The number of aryl methyl sites for hydroxylation is 2. The highest BCUT2D eigenvalue weighted by atomic mass is 16.2. The summed E-state index contributed by atoms with van der Waals surface area (Å²) in [6.07, 6.45) is 3.06. The summed E-state index contributed by atoms with van der Waals surface area (Å²) in [5.41, 5.74) is 4.50. The van der Waals surface area contributed by atoms with Crippen LogP contribution in [-0.4, -0.2) is 33.5 Å². The monoisotopic (exact) mass is 414 g/mol. The van der Waals surface area contributed by atoms with Crippen LogP contribution >= 0.6 is 0 Å². The van der Waals surface area contributed by atoms with E-state index < -0.39 is 0 Å². The number of carbonyl (C=O) groups excluding carboxylic acids is 2. The van der Waals surface area contributed by atoms with Crippen molar-refractivity contribution in [3.8, 4) is 0 Å². The first kappa shape index (κ1) is 20.1. The Bertz CT molecular complexity index is 1290. The number of carbonyl (C=O) groups is 2. The summed E-state index contributed by atoms with van der Waals surface area (Å²) in [6, 6.07) is 14.5. The standard InChI is InChI=1S/C23H22N6O2/c1-14-7-8-15(2)19(11-14)28-23(31)29-10-9-18-20(25-13-26-21(18)29)27-17-6-4-5-16(12-17)22(30)24-3/h4-13H,1-3H3,(H,24,30)(H,28,31)(H,25,26,27). The van der Waals surface area contributed by atoms with Gasteiger partial charge in [-0.2, -0.15) is 0 Å². The highest BCUT2D eigenvalue weighted by Crippen LogP contribution is 2.25. The molecule has 0 fully saturated rings. The predicted molar refractivity (Wildman–Crippen MR) is 121 cm³/mol. The fourth-order valence-corrected chi connectivity index (χ4v) is 3.28. The minimum Gasteiger partial charge on any atom is -0.355 e. The molecule has 8 nitrogen and oxygen atoms in total. The normalized spacial score (nSPS) is 10.7. The van der Waals surface area contributed by atoms with E-state index in [1.807, 2.05) is 38.1 Å². The third kappa shape index (κ3) is 4.09. The Kier molecular flexibility index (Phi) is 5.36. The van der Waals surface area contributed by atoms with Gasteiger partial charge in [-0.25, -0.2) is 14.8 Å². The molecule has 2 aromatic carbocycles. The van der Waals surface area contributed by atoms with Gasteiger partial charge in [0.1, 0.15) is 12.1 Å². The van der Waals surface area contributed by atoms with Crippen LogP contribution in [0.25, 0.3) is 11.0 Å². The second kappa shape index (κ2) is 8.27. The summed E-state index contributed by atoms with van der Waals surface area (Å²) in [4.78, 5) is 33.4. The molecule has 2 heterocycles. The molecule has 0 saturated heterocycles. The zero-order chi connectivity index (χ0) is 22.0. The van der Waals surface area contributed by atoms with E-state index in [1.165, 1.54) is 10.9 Å². The van der Waals surface area contributed by atoms with Gasteiger partial charge in [-0.15, -0.1) is 0 Å². The van der Waals surface area contributed by atoms with Gasteiger partial charge in [-0.1, -0.05) is 18.2 Å². The van der Waals surface area contributed by atoms with Gasteiger partial charge in [-0.05, 0) is 55.3 Å². The SMILES string of the molecule is CNC(=O)c1cccc(Nc2ncnc3c2ccn3C(=O)Nc2cc(C)ccc2C)c1. The summed E-state index contributed by atoms with van der Waals surface area (Å²) < 4.78 is 1.45. The summed E-state index contributed by atoms with van der Waals surface area (Å²) in [5, 5.41) is 9.44. The molecule has 0 bridgehead atoms. The number of nitrogens with zero attached hydrogens (tertiary/aromatic N) is 3. The zero-order valence-corrected chi connectivity index (χ0v) is 17.4. The largest absolute Gasteiger partial charge is 0.355 e. The minimum atomic E-state index is -0.310. The molecule has 8 heteroatoms. The maximum atomic E-state index is 12.9. The van der Waals surface area contributed by atoms with Crippen molar-refractivity contribution >= 4 is 40.2 Å². The average Bonchev–Trinajstić information content (AvgIpc) is 3.21. The van der Waals surface area contributed by atoms with Gasteiger partial charge in [0, 0.05) is 30.2 Å². The summed E-state index contributed by atoms with van der Waals surface area (Å²) >= 11 is 0. The molecule has 4 aromatic rings. The molecule has 0 saturated carbocycles. The van der Waals surface area contributed by atoms with E-state index in [9.17, 15) is 9.59 Å². The second-order valence-electron chi connectivity index (χ2n) is 7.18. The van der Waals surface area contributed by atoms with Gasteiger partial charge >= 0.3 is 6.03 Å². The number of nitrogens with one attached hydrogen (secondary N) is 3. The Morgan fingerprint density at radius 2 is 1.84 bits per heavy atom. The summed E-state index contributed by atoms with van der Waals surface area (Å²) in [7, 11) is 1.59. The second-order valence-corrected chi connectivity index (χ2v) is 7.18. The number of hydrogen-bond donors (Lipinski definition) is 3. The number of hydrogen-bond acceptors (Lipinski definition) is 5. The molecule has 4 rings (SSSR count). The highest BCUT2D eigenvalue weighted by Gasteiger charge is 2.15. The van der Waals surface area contributed by atoms with Crippen molar-refractivity contribution in [2.45, 2.75) is 13.8 Å². The van der Waals surface area contributed by atoms with Gasteiger partial charge in [0.15, 0.2) is 5.65 Å². The number of fused-ring (bicyclic) bond motifs is 1. The molecular weight excluding hydrogens is 392 g/mol. The predicted octanol–water partition coefficient (Wildman–Crippen LogP) is 4.23. The van der Waals surface area contributed by atoms with Crippen molar-refractivity contribution in [2.75, 3.05) is 17.7 Å². The van der Waals surface area contributed by atoms with Crippen molar-refractivity contribution < 1.29 is 9.59 Å². The Balaban J connectivity index is 1.63. The van der Waals surface area contributed by atoms with Crippen molar-refractivity contribution in [3.63, 3.8) is 0 Å². The van der Waals surface area contributed by atoms with Crippen LogP contribution in [0.2, 0.25) is 0 Å². The van der Waals surface area contributed by atoms with Crippen LogP contribution in [0.1, 0.15) is 21.5 Å². The summed E-state index contributed by atoms with van der Waals surface area (Å²) in [5.74, 6) is 0.364. The van der Waals surface area contributed by atoms with Gasteiger partial charge in [0.25, 0.3) is 5.91 Å². The van der Waals surface area contributed by atoms with E-state index in [0.29, 0.717) is 28.1 Å². The smallest absolute Gasteiger partial charge is 0.331 e. The lowest BCUT2D eigenvalue weighted by Gasteiger charge is -2.11. The maximum absolute atomic E-state index is 12.9. The van der Waals surface area contributed by atoms with Crippen molar-refractivity contribution in [1.82, 2.24) is 19.9 Å². The van der Waals surface area contributed by atoms with E-state index >= 15 is 0 Å². The Morgan fingerprint density at radius 3 is 2.65 bits per heavy atom. The molecule has 0 aliphatic carbocycles. The number of aromatic nitrogens is 3. The lowest BCUT2D eigenvalue weighted by atomic mass is 10.1. The van der Waals surface area contributed by atoms with E-state index in [-0.39, 0.29) is 11.9 Å². The van der Waals surface area contributed by atoms with Gasteiger partial charge in [0.2, 0.25) is 0 Å². The highest BCUT2D eigenvalue weighted by molar-refractivity contribution is 6.01. The van der Waals surface area contributed by atoms with Crippen molar-refractivity contribution in [2.24, 2.45) is 0 Å². The Morgan fingerprint density at radius 1 is 1.00 bits per heavy atom. The van der Waals surface area contributed by atoms with E-state index in [0.717, 1.165) is 16.8 Å². The van der Waals surface area contributed by atoms with Crippen LogP contribution in [0.15, 0.2) is 61.1 Å².